The first-order valence-electron chi connectivity index (χ1n) is 6.14. The summed E-state index contributed by atoms with van der Waals surface area (Å²) >= 11 is 0. The zero-order chi connectivity index (χ0) is 16.3. The Morgan fingerprint density at radius 1 is 1.32 bits per heavy atom. The molecule has 0 bridgehead atoms. The van der Waals surface area contributed by atoms with Crippen molar-refractivity contribution in [3.05, 3.63) is 42.6 Å². The minimum absolute atomic E-state index is 0.118. The fourth-order valence-electron chi connectivity index (χ4n) is 1.69. The van der Waals surface area contributed by atoms with Gasteiger partial charge in [0.05, 0.1) is 16.8 Å². The van der Waals surface area contributed by atoms with Crippen LogP contribution in [0.3, 0.4) is 0 Å². The predicted molar refractivity (Wildman–Crippen MR) is 78.3 cm³/mol. The summed E-state index contributed by atoms with van der Waals surface area (Å²) in [6.45, 7) is 1.20. The van der Waals surface area contributed by atoms with Crippen molar-refractivity contribution < 1.29 is 17.6 Å². The number of nitrogens with one attached hydrogen (secondary N) is 1. The summed E-state index contributed by atoms with van der Waals surface area (Å²) < 4.78 is 39.5. The lowest BCUT2D eigenvalue weighted by atomic mass is 10.3. The summed E-state index contributed by atoms with van der Waals surface area (Å²) in [5.41, 5.74) is -0.207. The molecule has 2 rings (SSSR count). The van der Waals surface area contributed by atoms with Crippen LogP contribution in [-0.2, 0) is 14.8 Å². The maximum absolute atomic E-state index is 13.6. The van der Waals surface area contributed by atoms with Gasteiger partial charge in [0.25, 0.3) is 10.0 Å². The molecule has 1 heterocycles. The number of rotatable bonds is 4. The Morgan fingerprint density at radius 3 is 2.64 bits per heavy atom. The van der Waals surface area contributed by atoms with Crippen molar-refractivity contribution in [3.8, 4) is 0 Å². The topological polar surface area (TPSA) is 92.3 Å². The number of sulfonamides is 1. The highest BCUT2D eigenvalue weighted by Crippen LogP contribution is 2.24. The fourth-order valence-corrected chi connectivity index (χ4v) is 2.85. The highest BCUT2D eigenvalue weighted by atomic mass is 32.2. The number of nitrogens with zero attached hydrogens (tertiary/aromatic N) is 3. The summed E-state index contributed by atoms with van der Waals surface area (Å²) in [6, 6.07) is 3.14. The molecular formula is C13H13FN4O3S. The van der Waals surface area contributed by atoms with Gasteiger partial charge < -0.3 is 5.32 Å². The molecule has 0 spiro atoms. The number of amides is 1. The van der Waals surface area contributed by atoms with Gasteiger partial charge in [-0.1, -0.05) is 0 Å². The van der Waals surface area contributed by atoms with Crippen molar-refractivity contribution >= 4 is 27.4 Å². The number of hydrogen-bond donors (Lipinski definition) is 1. The number of carbonyl (C=O) groups is 1. The molecule has 1 aromatic heterocycles. The molecule has 0 radical (unpaired) electrons. The second kappa shape index (κ2) is 6.06. The lowest BCUT2D eigenvalue weighted by molar-refractivity contribution is -0.114. The highest BCUT2D eigenvalue weighted by molar-refractivity contribution is 7.92. The largest absolute Gasteiger partial charge is 0.324 e. The minimum atomic E-state index is -3.95. The molecule has 7 nitrogen and oxygen atoms in total. The number of halogens is 1. The molecule has 1 amide bonds. The van der Waals surface area contributed by atoms with Crippen LogP contribution in [0.1, 0.15) is 6.92 Å². The number of aromatic nitrogens is 2. The lowest BCUT2D eigenvalue weighted by Crippen LogP contribution is -2.27. The van der Waals surface area contributed by atoms with Gasteiger partial charge in [-0.2, -0.15) is 0 Å². The van der Waals surface area contributed by atoms with E-state index >= 15 is 0 Å². The van der Waals surface area contributed by atoms with E-state index in [4.69, 9.17) is 0 Å². The molecule has 0 unspecified atom stereocenters. The molecule has 0 aliphatic heterocycles. The zero-order valence-electron chi connectivity index (χ0n) is 11.8. The van der Waals surface area contributed by atoms with Crippen molar-refractivity contribution in [1.29, 1.82) is 0 Å². The molecule has 0 fully saturated rings. The molecule has 0 aliphatic carbocycles. The standard InChI is InChI=1S/C13H13FN4O3S/c1-9(19)17-12-7-10(3-4-11(12)14)22(20,21)18(2)13-8-15-5-6-16-13/h3-8H,1-2H3,(H,17,19). The number of anilines is 2. The summed E-state index contributed by atoms with van der Waals surface area (Å²) in [7, 11) is -2.65. The van der Waals surface area contributed by atoms with Crippen molar-refractivity contribution in [2.24, 2.45) is 0 Å². The molecule has 116 valence electrons. The van der Waals surface area contributed by atoms with Crippen molar-refractivity contribution in [2.45, 2.75) is 11.8 Å². The Hall–Kier alpha value is -2.55. The van der Waals surface area contributed by atoms with Gasteiger partial charge in [0.1, 0.15) is 5.82 Å². The molecule has 1 N–H and O–H groups in total. The van der Waals surface area contributed by atoms with E-state index in [2.05, 4.69) is 15.3 Å². The third kappa shape index (κ3) is 3.19. The zero-order valence-corrected chi connectivity index (χ0v) is 12.6. The Bertz CT molecular complexity index is 796. The monoisotopic (exact) mass is 324 g/mol. The van der Waals surface area contributed by atoms with E-state index in [-0.39, 0.29) is 16.4 Å². The van der Waals surface area contributed by atoms with E-state index < -0.39 is 21.7 Å². The average molecular weight is 324 g/mol. The van der Waals surface area contributed by atoms with E-state index in [1.54, 1.807) is 0 Å². The molecule has 0 atom stereocenters. The third-order valence-corrected chi connectivity index (χ3v) is 4.54. The predicted octanol–water partition coefficient (Wildman–Crippen LogP) is 1.40. The summed E-state index contributed by atoms with van der Waals surface area (Å²) in [5, 5.41) is 2.24. The van der Waals surface area contributed by atoms with Gasteiger partial charge in [0.15, 0.2) is 5.82 Å². The average Bonchev–Trinajstić information content (AvgIpc) is 2.49. The summed E-state index contributed by atoms with van der Waals surface area (Å²) in [6.07, 6.45) is 4.06. The van der Waals surface area contributed by atoms with E-state index in [0.29, 0.717) is 0 Å². The van der Waals surface area contributed by atoms with Crippen LogP contribution in [0.5, 0.6) is 0 Å². The van der Waals surface area contributed by atoms with E-state index in [9.17, 15) is 17.6 Å². The lowest BCUT2D eigenvalue weighted by Gasteiger charge is -2.18. The van der Waals surface area contributed by atoms with Crippen molar-refractivity contribution in [3.63, 3.8) is 0 Å². The smallest absolute Gasteiger partial charge is 0.265 e. The molecule has 0 aliphatic rings. The van der Waals surface area contributed by atoms with Crippen LogP contribution >= 0.6 is 0 Å². The van der Waals surface area contributed by atoms with Crippen LogP contribution in [0.15, 0.2) is 41.7 Å². The van der Waals surface area contributed by atoms with E-state index in [0.717, 1.165) is 22.5 Å². The highest BCUT2D eigenvalue weighted by Gasteiger charge is 2.23. The van der Waals surface area contributed by atoms with Crippen LogP contribution in [0.4, 0.5) is 15.9 Å². The van der Waals surface area contributed by atoms with Crippen LogP contribution < -0.4 is 9.62 Å². The van der Waals surface area contributed by atoms with E-state index in [1.807, 2.05) is 0 Å². The Labute approximate surface area is 126 Å². The quantitative estimate of drug-likeness (QED) is 0.918. The van der Waals surface area contributed by atoms with Gasteiger partial charge in [-0.15, -0.1) is 0 Å². The molecular weight excluding hydrogens is 311 g/mol. The van der Waals surface area contributed by atoms with Crippen LogP contribution in [0, 0.1) is 5.82 Å². The second-order valence-electron chi connectivity index (χ2n) is 4.36. The molecule has 0 saturated heterocycles. The van der Waals surface area contributed by atoms with Gasteiger partial charge in [0, 0.05) is 26.4 Å². The maximum atomic E-state index is 13.6. The first-order valence-corrected chi connectivity index (χ1v) is 7.58. The molecule has 22 heavy (non-hydrogen) atoms. The van der Waals surface area contributed by atoms with Crippen molar-refractivity contribution in [1.82, 2.24) is 9.97 Å². The summed E-state index contributed by atoms with van der Waals surface area (Å²) in [4.78, 5) is 18.5. The van der Waals surface area contributed by atoms with Gasteiger partial charge in [-0.05, 0) is 18.2 Å². The Balaban J connectivity index is 2.43. The SMILES string of the molecule is CC(=O)Nc1cc(S(=O)(=O)N(C)c2cnccn2)ccc1F. The first kappa shape index (κ1) is 15.8. The Kier molecular flexibility index (Phi) is 4.36. The van der Waals surface area contributed by atoms with Gasteiger partial charge in [-0.3, -0.25) is 14.1 Å². The number of benzene rings is 1. The fraction of sp³-hybridized carbons (Fsp3) is 0.154. The van der Waals surface area contributed by atoms with Crippen LogP contribution in [0.2, 0.25) is 0 Å². The van der Waals surface area contributed by atoms with Crippen molar-refractivity contribution in [2.75, 3.05) is 16.7 Å². The maximum Gasteiger partial charge on any atom is 0.265 e. The second-order valence-corrected chi connectivity index (χ2v) is 6.33. The van der Waals surface area contributed by atoms with Crippen LogP contribution in [-0.4, -0.2) is 31.3 Å². The Morgan fingerprint density at radius 2 is 2.05 bits per heavy atom. The normalized spacial score (nSPS) is 11.0. The molecule has 9 heteroatoms. The van der Waals surface area contributed by atoms with Gasteiger partial charge in [-0.25, -0.2) is 17.8 Å². The van der Waals surface area contributed by atoms with Gasteiger partial charge >= 0.3 is 0 Å². The van der Waals surface area contributed by atoms with E-state index in [1.165, 1.54) is 32.6 Å². The summed E-state index contributed by atoms with van der Waals surface area (Å²) in [5.74, 6) is -1.11. The third-order valence-electron chi connectivity index (χ3n) is 2.78. The van der Waals surface area contributed by atoms with Gasteiger partial charge in [0.2, 0.25) is 5.91 Å². The number of hydrogen-bond acceptors (Lipinski definition) is 5. The molecule has 0 saturated carbocycles. The first-order chi connectivity index (χ1) is 10.3. The van der Waals surface area contributed by atoms with Crippen LogP contribution in [0.25, 0.3) is 0 Å². The number of carbonyl (C=O) groups excluding carboxylic acids is 1. The minimum Gasteiger partial charge on any atom is -0.324 e. The molecule has 1 aromatic carbocycles. The molecule has 2 aromatic rings.